The molecule has 1 amide bonds. The van der Waals surface area contributed by atoms with Crippen molar-refractivity contribution in [1.82, 2.24) is 14.9 Å². The quantitative estimate of drug-likeness (QED) is 0.604. The molecule has 30 heavy (non-hydrogen) atoms. The minimum atomic E-state index is -0.258. The second-order valence-corrected chi connectivity index (χ2v) is 7.93. The van der Waals surface area contributed by atoms with E-state index >= 15 is 0 Å². The number of amides is 1. The molecular weight excluding hydrogens is 403 g/mol. The van der Waals surface area contributed by atoms with Crippen LogP contribution in [0.2, 0.25) is 0 Å². The first kappa shape index (κ1) is 22.0. The Hall–Kier alpha value is -2.73. The maximum Gasteiger partial charge on any atom is 0.257 e. The Morgan fingerprint density at radius 3 is 2.60 bits per heavy atom. The molecule has 3 heterocycles. The summed E-state index contributed by atoms with van der Waals surface area (Å²) in [4.78, 5) is 24.2. The molecule has 0 bridgehead atoms. The summed E-state index contributed by atoms with van der Waals surface area (Å²) >= 11 is 0. The van der Waals surface area contributed by atoms with Crippen LogP contribution in [0, 0.1) is 25.6 Å². The zero-order chi connectivity index (χ0) is 20.5. The molecule has 4 rings (SSSR count). The summed E-state index contributed by atoms with van der Waals surface area (Å²) in [5.41, 5.74) is 3.88. The summed E-state index contributed by atoms with van der Waals surface area (Å²) < 4.78 is 13.7. The summed E-state index contributed by atoms with van der Waals surface area (Å²) in [5, 5.41) is 4.11. The third-order valence-electron chi connectivity index (χ3n) is 5.60. The number of carbonyl (C=O) groups is 1. The Bertz CT molecular complexity index is 1080. The molecule has 0 saturated carbocycles. The van der Waals surface area contributed by atoms with Gasteiger partial charge in [-0.15, -0.1) is 12.4 Å². The van der Waals surface area contributed by atoms with Crippen LogP contribution in [-0.4, -0.2) is 33.9 Å². The molecule has 0 spiro atoms. The van der Waals surface area contributed by atoms with Gasteiger partial charge in [0.25, 0.3) is 5.91 Å². The van der Waals surface area contributed by atoms with Crippen molar-refractivity contribution in [3.63, 3.8) is 0 Å². The molecule has 1 saturated heterocycles. The van der Waals surface area contributed by atoms with Crippen molar-refractivity contribution < 1.29 is 9.18 Å². The molecule has 3 aromatic rings. The molecular formula is C23H26ClFN4O. The highest BCUT2D eigenvalue weighted by atomic mass is 35.5. The normalized spacial score (nSPS) is 14.5. The standard InChI is InChI=1S/C23H25FN4O.ClH/c1-14-8-10-28(11-9-14)23(29)19-13-25-22-18(6-4-16(3)26-22)21(19)27-17-5-7-20(24)15(2)12-17;/h4-7,12-14H,8-11H2,1-3H3,(H,25,26,27);1H. The lowest BCUT2D eigenvalue weighted by atomic mass is 9.98. The molecule has 0 atom stereocenters. The third-order valence-corrected chi connectivity index (χ3v) is 5.60. The fourth-order valence-electron chi connectivity index (χ4n) is 3.72. The molecule has 1 aliphatic heterocycles. The van der Waals surface area contributed by atoms with Gasteiger partial charge in [-0.1, -0.05) is 6.92 Å². The molecule has 2 aromatic heterocycles. The number of anilines is 2. The van der Waals surface area contributed by atoms with E-state index in [-0.39, 0.29) is 24.1 Å². The molecule has 0 radical (unpaired) electrons. The minimum absolute atomic E-state index is 0. The number of pyridine rings is 2. The predicted molar refractivity (Wildman–Crippen MR) is 120 cm³/mol. The number of hydrogen-bond acceptors (Lipinski definition) is 4. The molecule has 158 valence electrons. The van der Waals surface area contributed by atoms with Crippen LogP contribution >= 0.6 is 12.4 Å². The molecule has 5 nitrogen and oxygen atoms in total. The second-order valence-electron chi connectivity index (χ2n) is 7.93. The first-order valence-electron chi connectivity index (χ1n) is 10.0. The maximum atomic E-state index is 13.7. The number of halogens is 2. The largest absolute Gasteiger partial charge is 0.354 e. The van der Waals surface area contributed by atoms with Crippen molar-refractivity contribution in [3.05, 3.63) is 59.2 Å². The van der Waals surface area contributed by atoms with Crippen LogP contribution < -0.4 is 5.32 Å². The number of fused-ring (bicyclic) bond motifs is 1. The number of likely N-dealkylation sites (tertiary alicyclic amines) is 1. The Labute approximate surface area is 182 Å². The number of hydrogen-bond donors (Lipinski definition) is 1. The number of piperidine rings is 1. The molecule has 1 aromatic carbocycles. The number of aryl methyl sites for hydroxylation is 2. The van der Waals surface area contributed by atoms with Gasteiger partial charge in [-0.2, -0.15) is 0 Å². The number of carbonyl (C=O) groups excluding carboxylic acids is 1. The first-order valence-corrected chi connectivity index (χ1v) is 10.0. The Balaban J connectivity index is 0.00000256. The van der Waals surface area contributed by atoms with Crippen LogP contribution in [0.3, 0.4) is 0 Å². The Kier molecular flexibility index (Phi) is 6.56. The summed E-state index contributed by atoms with van der Waals surface area (Å²) in [7, 11) is 0. The van der Waals surface area contributed by atoms with Crippen molar-refractivity contribution in [2.24, 2.45) is 5.92 Å². The highest BCUT2D eigenvalue weighted by Crippen LogP contribution is 2.31. The summed E-state index contributed by atoms with van der Waals surface area (Å²) in [5.74, 6) is 0.347. The van der Waals surface area contributed by atoms with Crippen LogP contribution in [0.5, 0.6) is 0 Å². The lowest BCUT2D eigenvalue weighted by Gasteiger charge is -2.31. The molecule has 1 N–H and O–H groups in total. The van der Waals surface area contributed by atoms with Crippen molar-refractivity contribution >= 4 is 40.7 Å². The van der Waals surface area contributed by atoms with E-state index in [4.69, 9.17) is 0 Å². The lowest BCUT2D eigenvalue weighted by molar-refractivity contribution is 0.0698. The number of benzene rings is 1. The molecule has 0 unspecified atom stereocenters. The maximum absolute atomic E-state index is 13.7. The predicted octanol–water partition coefficient (Wildman–Crippen LogP) is 5.42. The van der Waals surface area contributed by atoms with E-state index in [0.29, 0.717) is 28.4 Å². The zero-order valence-electron chi connectivity index (χ0n) is 17.4. The molecule has 0 aliphatic carbocycles. The van der Waals surface area contributed by atoms with Crippen molar-refractivity contribution in [2.75, 3.05) is 18.4 Å². The van der Waals surface area contributed by atoms with Crippen molar-refractivity contribution in [2.45, 2.75) is 33.6 Å². The molecule has 1 fully saturated rings. The van der Waals surface area contributed by atoms with Gasteiger partial charge in [0.2, 0.25) is 0 Å². The number of rotatable bonds is 3. The van der Waals surface area contributed by atoms with Gasteiger partial charge in [-0.3, -0.25) is 4.79 Å². The Morgan fingerprint density at radius 1 is 1.17 bits per heavy atom. The molecule has 1 aliphatic rings. The minimum Gasteiger partial charge on any atom is -0.354 e. The summed E-state index contributed by atoms with van der Waals surface area (Å²) in [6.45, 7) is 7.35. The summed E-state index contributed by atoms with van der Waals surface area (Å²) in [6.07, 6.45) is 3.62. The third kappa shape index (κ3) is 4.38. The van der Waals surface area contributed by atoms with Gasteiger partial charge in [0.05, 0.1) is 11.3 Å². The van der Waals surface area contributed by atoms with Gasteiger partial charge in [0.1, 0.15) is 5.82 Å². The average molecular weight is 429 g/mol. The fraction of sp³-hybridized carbons (Fsp3) is 0.348. The molecule has 7 heteroatoms. The van der Waals surface area contributed by atoms with Crippen LogP contribution in [-0.2, 0) is 0 Å². The number of aromatic nitrogens is 2. The summed E-state index contributed by atoms with van der Waals surface area (Å²) in [6, 6.07) is 8.67. The number of nitrogens with one attached hydrogen (secondary N) is 1. The van der Waals surface area contributed by atoms with Gasteiger partial charge in [0.15, 0.2) is 5.65 Å². The van der Waals surface area contributed by atoms with E-state index in [1.807, 2.05) is 24.0 Å². The van der Waals surface area contributed by atoms with Gasteiger partial charge in [-0.05, 0) is 68.5 Å². The van der Waals surface area contributed by atoms with Crippen LogP contribution in [0.4, 0.5) is 15.8 Å². The van der Waals surface area contributed by atoms with Gasteiger partial charge < -0.3 is 10.2 Å². The monoisotopic (exact) mass is 428 g/mol. The van der Waals surface area contributed by atoms with Gasteiger partial charge in [-0.25, -0.2) is 14.4 Å². The van der Waals surface area contributed by atoms with E-state index in [2.05, 4.69) is 22.2 Å². The van der Waals surface area contributed by atoms with Crippen molar-refractivity contribution in [1.29, 1.82) is 0 Å². The Morgan fingerprint density at radius 2 is 1.90 bits per heavy atom. The highest BCUT2D eigenvalue weighted by Gasteiger charge is 2.25. The van der Waals surface area contributed by atoms with Crippen LogP contribution in [0.1, 0.15) is 41.4 Å². The van der Waals surface area contributed by atoms with E-state index in [9.17, 15) is 9.18 Å². The van der Waals surface area contributed by atoms with Crippen molar-refractivity contribution in [3.8, 4) is 0 Å². The SMILES string of the molecule is Cc1ccc2c(Nc3ccc(F)c(C)c3)c(C(=O)N3CCC(C)CC3)cnc2n1.Cl. The van der Waals surface area contributed by atoms with E-state index < -0.39 is 0 Å². The van der Waals surface area contributed by atoms with Crippen LogP contribution in [0.15, 0.2) is 36.5 Å². The fourth-order valence-corrected chi connectivity index (χ4v) is 3.72. The van der Waals surface area contributed by atoms with Gasteiger partial charge in [0, 0.05) is 36.1 Å². The lowest BCUT2D eigenvalue weighted by Crippen LogP contribution is -2.38. The smallest absolute Gasteiger partial charge is 0.257 e. The zero-order valence-corrected chi connectivity index (χ0v) is 18.2. The average Bonchev–Trinajstić information content (AvgIpc) is 2.71. The number of nitrogens with zero attached hydrogens (tertiary/aromatic N) is 3. The van der Waals surface area contributed by atoms with Gasteiger partial charge >= 0.3 is 0 Å². The topological polar surface area (TPSA) is 58.1 Å². The van der Waals surface area contributed by atoms with E-state index in [1.165, 1.54) is 6.07 Å². The highest BCUT2D eigenvalue weighted by molar-refractivity contribution is 6.07. The second kappa shape index (κ2) is 8.96. The van der Waals surface area contributed by atoms with E-state index in [0.717, 1.165) is 42.7 Å². The first-order chi connectivity index (χ1) is 13.9. The van der Waals surface area contributed by atoms with Crippen LogP contribution in [0.25, 0.3) is 11.0 Å². The van der Waals surface area contributed by atoms with E-state index in [1.54, 1.807) is 25.3 Å².